The first-order valence-corrected chi connectivity index (χ1v) is 16.8. The first-order chi connectivity index (χ1) is 22.8. The van der Waals surface area contributed by atoms with E-state index in [0.717, 1.165) is 36.1 Å². The number of piperazine rings is 1. The number of hydrogen-bond donors (Lipinski definition) is 4. The molecule has 0 bridgehead atoms. The molecule has 0 spiro atoms. The summed E-state index contributed by atoms with van der Waals surface area (Å²) >= 11 is 0. The number of nitrogens with zero attached hydrogens (tertiary/aromatic N) is 4. The first-order valence-electron chi connectivity index (χ1n) is 16.8. The van der Waals surface area contributed by atoms with Gasteiger partial charge in [0.25, 0.3) is 11.5 Å². The predicted molar refractivity (Wildman–Crippen MR) is 192 cm³/mol. The van der Waals surface area contributed by atoms with Crippen molar-refractivity contribution < 1.29 is 14.3 Å². The molecule has 48 heavy (non-hydrogen) atoms. The Balaban J connectivity index is 0.00000307. The van der Waals surface area contributed by atoms with Gasteiger partial charge in [-0.05, 0) is 77.8 Å². The van der Waals surface area contributed by atoms with Crippen molar-refractivity contribution in [1.29, 1.82) is 5.41 Å². The standard InChI is InChI=1S/C34H46N8O4.C2H6/c1-8-9-23-16-22(4)39-32(44)27(23)20-37-31(43)25-17-28(40-30(26(25)18-35)38-21(2)3)24-10-11-29(36-19-24)41-12-14-42(15-13-41)33(45)46-34(5,6)7;1-2/h10-11,16-19,21,35H,8-9,12-15,20H2,1-7H3,(H,37,43)(H,38,40)(H,39,44);1-2H3. The van der Waals surface area contributed by atoms with Gasteiger partial charge in [0.05, 0.1) is 11.3 Å². The highest BCUT2D eigenvalue weighted by Gasteiger charge is 2.26. The van der Waals surface area contributed by atoms with Crippen LogP contribution in [0, 0.1) is 12.3 Å². The summed E-state index contributed by atoms with van der Waals surface area (Å²) in [4.78, 5) is 55.0. The number of aryl methyl sites for hydroxylation is 2. The molecule has 0 atom stereocenters. The van der Waals surface area contributed by atoms with E-state index in [4.69, 9.17) is 15.1 Å². The fraction of sp³-hybridized carbons (Fsp3) is 0.500. The van der Waals surface area contributed by atoms with Gasteiger partial charge in [-0.3, -0.25) is 9.59 Å². The van der Waals surface area contributed by atoms with Gasteiger partial charge in [0.15, 0.2) is 0 Å². The number of H-pyrrole nitrogens is 1. The highest BCUT2D eigenvalue weighted by atomic mass is 16.6. The van der Waals surface area contributed by atoms with E-state index in [1.165, 1.54) is 0 Å². The summed E-state index contributed by atoms with van der Waals surface area (Å²) in [6.45, 7) is 19.7. The molecule has 0 unspecified atom stereocenters. The van der Waals surface area contributed by atoms with Gasteiger partial charge in [-0.25, -0.2) is 14.8 Å². The van der Waals surface area contributed by atoms with E-state index in [0.29, 0.717) is 54.4 Å². The number of carbonyl (C=O) groups is 2. The monoisotopic (exact) mass is 660 g/mol. The number of ether oxygens (including phenoxy) is 1. The maximum Gasteiger partial charge on any atom is 0.410 e. The van der Waals surface area contributed by atoms with E-state index in [-0.39, 0.29) is 29.8 Å². The molecule has 1 saturated heterocycles. The molecule has 3 aromatic rings. The van der Waals surface area contributed by atoms with Gasteiger partial charge in [-0.2, -0.15) is 0 Å². The van der Waals surface area contributed by atoms with Crippen LogP contribution in [0.2, 0.25) is 0 Å². The van der Waals surface area contributed by atoms with Crippen LogP contribution in [0.5, 0.6) is 0 Å². The second-order valence-electron chi connectivity index (χ2n) is 12.8. The van der Waals surface area contributed by atoms with Crippen LogP contribution in [0.25, 0.3) is 11.3 Å². The number of hydrogen-bond acceptors (Lipinski definition) is 9. The van der Waals surface area contributed by atoms with Gasteiger partial charge in [-0.15, -0.1) is 0 Å². The fourth-order valence-electron chi connectivity index (χ4n) is 5.32. The summed E-state index contributed by atoms with van der Waals surface area (Å²) in [5.74, 6) is 0.770. The molecule has 0 saturated carbocycles. The molecule has 4 rings (SSSR count). The second kappa shape index (κ2) is 16.9. The number of aromatic nitrogens is 3. The largest absolute Gasteiger partial charge is 0.444 e. The third-order valence-electron chi connectivity index (χ3n) is 7.48. The van der Waals surface area contributed by atoms with Crippen molar-refractivity contribution in [3.8, 4) is 11.3 Å². The zero-order valence-corrected chi connectivity index (χ0v) is 29.9. The van der Waals surface area contributed by atoms with Crippen molar-refractivity contribution in [2.75, 3.05) is 36.4 Å². The van der Waals surface area contributed by atoms with E-state index in [2.05, 4.69) is 25.5 Å². The molecule has 4 heterocycles. The van der Waals surface area contributed by atoms with E-state index in [9.17, 15) is 14.4 Å². The highest BCUT2D eigenvalue weighted by Crippen LogP contribution is 2.27. The minimum absolute atomic E-state index is 0.0000663. The molecule has 1 aliphatic heterocycles. The molecule has 0 radical (unpaired) electrons. The molecular weight excluding hydrogens is 608 g/mol. The minimum Gasteiger partial charge on any atom is -0.444 e. The zero-order chi connectivity index (χ0) is 35.6. The fourth-order valence-corrected chi connectivity index (χ4v) is 5.32. The molecule has 12 nitrogen and oxygen atoms in total. The van der Waals surface area contributed by atoms with Crippen molar-refractivity contribution in [1.82, 2.24) is 25.2 Å². The Bertz CT molecular complexity index is 1620. The van der Waals surface area contributed by atoms with Crippen LogP contribution in [0.1, 0.15) is 94.6 Å². The normalized spacial score (nSPS) is 13.0. The Labute approximate surface area is 284 Å². The van der Waals surface area contributed by atoms with Crippen LogP contribution in [-0.4, -0.2) is 75.9 Å². The lowest BCUT2D eigenvalue weighted by Gasteiger charge is -2.36. The Kier molecular flexibility index (Phi) is 13.3. The van der Waals surface area contributed by atoms with E-state index in [1.54, 1.807) is 17.2 Å². The van der Waals surface area contributed by atoms with Gasteiger partial charge in [0, 0.05) is 73.6 Å². The molecule has 3 aromatic heterocycles. The van der Waals surface area contributed by atoms with Crippen molar-refractivity contribution in [3.63, 3.8) is 0 Å². The number of carbonyl (C=O) groups excluding carboxylic acids is 2. The van der Waals surface area contributed by atoms with Crippen molar-refractivity contribution in [3.05, 3.63) is 68.8 Å². The van der Waals surface area contributed by atoms with Gasteiger partial charge in [0.1, 0.15) is 17.2 Å². The maximum absolute atomic E-state index is 13.6. The van der Waals surface area contributed by atoms with Gasteiger partial charge in [-0.1, -0.05) is 27.2 Å². The van der Waals surface area contributed by atoms with Crippen LogP contribution in [0.3, 0.4) is 0 Å². The summed E-state index contributed by atoms with van der Waals surface area (Å²) in [5.41, 5.74) is 3.30. The number of pyridine rings is 3. The lowest BCUT2D eigenvalue weighted by molar-refractivity contribution is 0.0240. The number of amides is 2. The molecule has 1 aliphatic rings. The van der Waals surface area contributed by atoms with Crippen molar-refractivity contribution in [2.24, 2.45) is 0 Å². The van der Waals surface area contributed by atoms with Gasteiger partial charge < -0.3 is 35.6 Å². The summed E-state index contributed by atoms with van der Waals surface area (Å²) in [5, 5.41) is 14.3. The first kappa shape index (κ1) is 37.7. The molecular formula is C36H52N8O4. The van der Waals surface area contributed by atoms with E-state index < -0.39 is 11.5 Å². The molecule has 260 valence electrons. The van der Waals surface area contributed by atoms with Crippen LogP contribution in [-0.2, 0) is 17.7 Å². The van der Waals surface area contributed by atoms with Crippen molar-refractivity contribution >= 4 is 29.9 Å². The molecule has 0 aromatic carbocycles. The summed E-state index contributed by atoms with van der Waals surface area (Å²) in [6.07, 6.45) is 4.12. The predicted octanol–water partition coefficient (Wildman–Crippen LogP) is 5.92. The van der Waals surface area contributed by atoms with Crippen LogP contribution >= 0.6 is 0 Å². The third-order valence-corrected chi connectivity index (χ3v) is 7.48. The smallest absolute Gasteiger partial charge is 0.410 e. The topological polar surface area (TPSA) is 156 Å². The average Bonchev–Trinajstić information content (AvgIpc) is 3.04. The zero-order valence-electron chi connectivity index (χ0n) is 29.9. The highest BCUT2D eigenvalue weighted by molar-refractivity contribution is 6.05. The molecule has 12 heteroatoms. The molecule has 0 aliphatic carbocycles. The summed E-state index contributed by atoms with van der Waals surface area (Å²) in [6, 6.07) is 7.41. The van der Waals surface area contributed by atoms with Gasteiger partial charge in [0.2, 0.25) is 0 Å². The van der Waals surface area contributed by atoms with Crippen molar-refractivity contribution in [2.45, 2.75) is 93.3 Å². The Morgan fingerprint density at radius 3 is 2.38 bits per heavy atom. The van der Waals surface area contributed by atoms with E-state index in [1.807, 2.05) is 80.5 Å². The average molecular weight is 661 g/mol. The Morgan fingerprint density at radius 2 is 1.81 bits per heavy atom. The number of rotatable bonds is 10. The molecule has 2 amide bonds. The number of nitrogens with one attached hydrogen (secondary N) is 4. The Hall–Kier alpha value is -4.74. The SMILES string of the molecule is CC.CCCc1cc(C)[nH]c(=O)c1CNC(=O)c1cc(-c2ccc(N3CCN(C(=O)OC(C)(C)C)CC3)nc2)nc(NC(C)C)c1C=N. The van der Waals surface area contributed by atoms with Gasteiger partial charge >= 0.3 is 6.09 Å². The Morgan fingerprint density at radius 1 is 1.12 bits per heavy atom. The molecule has 1 fully saturated rings. The minimum atomic E-state index is -0.542. The second-order valence-corrected chi connectivity index (χ2v) is 12.8. The third kappa shape index (κ3) is 9.88. The summed E-state index contributed by atoms with van der Waals surface area (Å²) in [7, 11) is 0. The van der Waals surface area contributed by atoms with Crippen LogP contribution < -0.4 is 21.1 Å². The number of anilines is 2. The lowest BCUT2D eigenvalue weighted by atomic mass is 10.0. The van der Waals surface area contributed by atoms with Crippen LogP contribution in [0.4, 0.5) is 16.4 Å². The van der Waals surface area contributed by atoms with E-state index >= 15 is 0 Å². The number of aromatic amines is 1. The maximum atomic E-state index is 13.6. The quantitative estimate of drug-likeness (QED) is 0.195. The molecule has 4 N–H and O–H groups in total. The lowest BCUT2D eigenvalue weighted by Crippen LogP contribution is -2.50. The summed E-state index contributed by atoms with van der Waals surface area (Å²) < 4.78 is 5.50. The van der Waals surface area contributed by atoms with Crippen LogP contribution in [0.15, 0.2) is 35.3 Å².